The predicted molar refractivity (Wildman–Crippen MR) is 49.4 cm³/mol. The molecular weight excluding hydrogens is 253 g/mol. The summed E-state index contributed by atoms with van der Waals surface area (Å²) in [7, 11) is 0. The van der Waals surface area contributed by atoms with Crippen LogP contribution in [0.1, 0.15) is 12.8 Å². The third-order valence-corrected chi connectivity index (χ3v) is 2.70. The fraction of sp³-hybridized carbons (Fsp3) is 0.833. The van der Waals surface area contributed by atoms with E-state index >= 15 is 0 Å². The van der Waals surface area contributed by atoms with Gasteiger partial charge < -0.3 is 5.32 Å². The van der Waals surface area contributed by atoms with E-state index in [1.54, 1.807) is 0 Å². The Balaban J connectivity index is 2.19. The van der Waals surface area contributed by atoms with Crippen molar-refractivity contribution >= 4 is 45.0 Å². The molecule has 0 aromatic heterocycles. The lowest BCUT2D eigenvalue weighted by atomic mass is 9.91. The van der Waals surface area contributed by atoms with E-state index in [0.29, 0.717) is 18.2 Å². The van der Waals surface area contributed by atoms with Gasteiger partial charge in [-0.15, -0.1) is 23.2 Å². The first-order valence-electron chi connectivity index (χ1n) is 3.27. The predicted octanol–water partition coefficient (Wildman–Crippen LogP) is 1.83. The summed E-state index contributed by atoms with van der Waals surface area (Å²) in [6.45, 7) is 0. The molecule has 0 saturated heterocycles. The Kier molecular flexibility index (Phi) is 3.06. The highest BCUT2D eigenvalue weighted by molar-refractivity contribution is 9.09. The fourth-order valence-electron chi connectivity index (χ4n) is 1.03. The lowest BCUT2D eigenvalue weighted by Crippen LogP contribution is -2.49. The second-order valence-electron chi connectivity index (χ2n) is 2.66. The lowest BCUT2D eigenvalue weighted by molar-refractivity contribution is -0.119. The Bertz CT molecular complexity index is 166. The first kappa shape index (κ1) is 9.62. The van der Waals surface area contributed by atoms with Gasteiger partial charge in [0.15, 0.2) is 0 Å². The first-order valence-corrected chi connectivity index (χ1v) is 5.14. The van der Waals surface area contributed by atoms with Gasteiger partial charge >= 0.3 is 0 Å². The van der Waals surface area contributed by atoms with Crippen molar-refractivity contribution in [3.63, 3.8) is 0 Å². The van der Waals surface area contributed by atoms with Crippen molar-refractivity contribution in [3.05, 3.63) is 0 Å². The molecule has 0 aliphatic heterocycles. The second-order valence-corrected chi connectivity index (χ2v) is 4.86. The summed E-state index contributed by atoms with van der Waals surface area (Å²) < 4.78 is -0.607. The van der Waals surface area contributed by atoms with Crippen LogP contribution in [0.5, 0.6) is 0 Å². The minimum Gasteiger partial charge on any atom is -0.352 e. The van der Waals surface area contributed by atoms with Gasteiger partial charge in [-0.05, 0) is 0 Å². The van der Waals surface area contributed by atoms with Crippen LogP contribution in [0.2, 0.25) is 0 Å². The lowest BCUT2D eigenvalue weighted by Gasteiger charge is -2.38. The van der Waals surface area contributed by atoms with Gasteiger partial charge in [0, 0.05) is 18.9 Å². The fourth-order valence-corrected chi connectivity index (χ4v) is 1.94. The van der Waals surface area contributed by atoms with E-state index in [2.05, 4.69) is 21.2 Å². The molecule has 0 aromatic rings. The van der Waals surface area contributed by atoms with Gasteiger partial charge in [-0.2, -0.15) is 0 Å². The Labute approximate surface area is 83.7 Å². The SMILES string of the molecule is O=C(CBr)NC1CC(Cl)(Cl)C1. The number of nitrogens with one attached hydrogen (secondary N) is 1. The highest BCUT2D eigenvalue weighted by atomic mass is 79.9. The molecule has 0 unspecified atom stereocenters. The van der Waals surface area contributed by atoms with Crippen LogP contribution in [0.3, 0.4) is 0 Å². The van der Waals surface area contributed by atoms with Crippen LogP contribution < -0.4 is 5.32 Å². The molecule has 1 amide bonds. The number of hydrogen-bond donors (Lipinski definition) is 1. The van der Waals surface area contributed by atoms with Crippen LogP contribution in [-0.2, 0) is 4.79 Å². The van der Waals surface area contributed by atoms with Crippen molar-refractivity contribution in [2.45, 2.75) is 23.2 Å². The van der Waals surface area contributed by atoms with Gasteiger partial charge in [-0.25, -0.2) is 0 Å². The molecule has 0 bridgehead atoms. The number of rotatable bonds is 2. The third kappa shape index (κ3) is 2.80. The van der Waals surface area contributed by atoms with Gasteiger partial charge in [-0.3, -0.25) is 4.79 Å². The van der Waals surface area contributed by atoms with Gasteiger partial charge in [0.2, 0.25) is 5.91 Å². The number of amides is 1. The van der Waals surface area contributed by atoms with Gasteiger partial charge in [-0.1, -0.05) is 15.9 Å². The van der Waals surface area contributed by atoms with E-state index in [0.717, 1.165) is 0 Å². The molecule has 0 aromatic carbocycles. The van der Waals surface area contributed by atoms with Crippen molar-refractivity contribution < 1.29 is 4.79 Å². The Morgan fingerprint density at radius 2 is 2.18 bits per heavy atom. The number of hydrogen-bond acceptors (Lipinski definition) is 1. The molecule has 1 rings (SSSR count). The normalized spacial score (nSPS) is 22.5. The number of halogens is 3. The van der Waals surface area contributed by atoms with E-state index in [1.807, 2.05) is 0 Å². The van der Waals surface area contributed by atoms with Gasteiger partial charge in [0.1, 0.15) is 4.33 Å². The molecule has 0 radical (unpaired) electrons. The Morgan fingerprint density at radius 3 is 2.55 bits per heavy atom. The topological polar surface area (TPSA) is 29.1 Å². The zero-order valence-electron chi connectivity index (χ0n) is 5.74. The average Bonchev–Trinajstić information content (AvgIpc) is 1.83. The quantitative estimate of drug-likeness (QED) is 0.755. The molecule has 0 atom stereocenters. The maximum Gasteiger partial charge on any atom is 0.230 e. The molecule has 1 fully saturated rings. The summed E-state index contributed by atoms with van der Waals surface area (Å²) in [6, 6.07) is 0.162. The molecule has 1 saturated carbocycles. The third-order valence-electron chi connectivity index (χ3n) is 1.58. The average molecular weight is 261 g/mol. The van der Waals surface area contributed by atoms with E-state index in [-0.39, 0.29) is 11.9 Å². The Morgan fingerprint density at radius 1 is 1.64 bits per heavy atom. The second kappa shape index (κ2) is 3.50. The van der Waals surface area contributed by atoms with Crippen LogP contribution in [0, 0.1) is 0 Å². The van der Waals surface area contributed by atoms with Crippen LogP contribution in [-0.4, -0.2) is 21.6 Å². The van der Waals surface area contributed by atoms with Crippen LogP contribution in [0.4, 0.5) is 0 Å². The minimum absolute atomic E-state index is 0.0150. The van der Waals surface area contributed by atoms with Crippen molar-refractivity contribution in [1.82, 2.24) is 5.32 Å². The molecular formula is C6H8BrCl2NO. The van der Waals surface area contributed by atoms with Crippen molar-refractivity contribution in [3.8, 4) is 0 Å². The smallest absolute Gasteiger partial charge is 0.230 e. The Hall–Kier alpha value is 0.530. The molecule has 64 valence electrons. The van der Waals surface area contributed by atoms with Crippen LogP contribution >= 0.6 is 39.1 Å². The van der Waals surface area contributed by atoms with Crippen molar-refractivity contribution in [2.24, 2.45) is 0 Å². The van der Waals surface area contributed by atoms with E-state index in [1.165, 1.54) is 0 Å². The maximum atomic E-state index is 10.8. The highest BCUT2D eigenvalue weighted by Gasteiger charge is 2.41. The maximum absolute atomic E-state index is 10.8. The first-order chi connectivity index (χ1) is 5.03. The summed E-state index contributed by atoms with van der Waals surface area (Å²) in [5.41, 5.74) is 0. The standard InChI is InChI=1S/C6H8BrCl2NO/c7-3-5(11)10-4-1-6(8,9)2-4/h4H,1-3H2,(H,10,11). The summed E-state index contributed by atoms with van der Waals surface area (Å²) in [6.07, 6.45) is 1.30. The molecule has 0 spiro atoms. The molecule has 0 heterocycles. The minimum atomic E-state index is -0.607. The monoisotopic (exact) mass is 259 g/mol. The highest BCUT2D eigenvalue weighted by Crippen LogP contribution is 2.42. The number of alkyl halides is 3. The van der Waals surface area contributed by atoms with Crippen molar-refractivity contribution in [2.75, 3.05) is 5.33 Å². The van der Waals surface area contributed by atoms with E-state index < -0.39 is 4.33 Å². The summed E-state index contributed by atoms with van der Waals surface area (Å²) in [5.74, 6) is -0.0150. The molecule has 1 N–H and O–H groups in total. The molecule has 1 aliphatic rings. The summed E-state index contributed by atoms with van der Waals surface area (Å²) >= 11 is 14.5. The summed E-state index contributed by atoms with van der Waals surface area (Å²) in [5, 5.41) is 3.10. The zero-order chi connectivity index (χ0) is 8.48. The molecule has 11 heavy (non-hydrogen) atoms. The van der Waals surface area contributed by atoms with E-state index in [4.69, 9.17) is 23.2 Å². The molecule has 5 heteroatoms. The molecule has 1 aliphatic carbocycles. The summed E-state index contributed by atoms with van der Waals surface area (Å²) in [4.78, 5) is 10.8. The largest absolute Gasteiger partial charge is 0.352 e. The van der Waals surface area contributed by atoms with Gasteiger partial charge in [0.25, 0.3) is 0 Å². The zero-order valence-corrected chi connectivity index (χ0v) is 8.84. The van der Waals surface area contributed by atoms with Crippen LogP contribution in [0.25, 0.3) is 0 Å². The van der Waals surface area contributed by atoms with Crippen molar-refractivity contribution in [1.29, 1.82) is 0 Å². The van der Waals surface area contributed by atoms with Crippen LogP contribution in [0.15, 0.2) is 0 Å². The number of carbonyl (C=O) groups is 1. The van der Waals surface area contributed by atoms with Gasteiger partial charge in [0.05, 0.1) is 5.33 Å². The number of carbonyl (C=O) groups excluding carboxylic acids is 1. The van der Waals surface area contributed by atoms with E-state index in [9.17, 15) is 4.79 Å². The molecule has 2 nitrogen and oxygen atoms in total.